The maximum atomic E-state index is 12.3. The van der Waals surface area contributed by atoms with Gasteiger partial charge in [0.15, 0.2) is 0 Å². The Bertz CT molecular complexity index is 267. The minimum Gasteiger partial charge on any atom is -0.377 e. The molecule has 1 saturated heterocycles. The molecule has 0 radical (unpaired) electrons. The monoisotopic (exact) mass is 256 g/mol. The molecule has 2 unspecified atom stereocenters. The molecule has 1 fully saturated rings. The lowest BCUT2D eigenvalue weighted by Crippen LogP contribution is -2.39. The number of amides is 1. The van der Waals surface area contributed by atoms with Crippen LogP contribution in [0.25, 0.3) is 0 Å². The molecule has 0 spiro atoms. The summed E-state index contributed by atoms with van der Waals surface area (Å²) in [7, 11) is 0. The minimum atomic E-state index is -0.0272. The molecule has 0 aliphatic carbocycles. The fraction of sp³-hybridized carbons (Fsp3) is 0.929. The molecular formula is C14H28N2O2. The van der Waals surface area contributed by atoms with Crippen LogP contribution in [-0.2, 0) is 9.53 Å². The van der Waals surface area contributed by atoms with Crippen LogP contribution in [0, 0.1) is 5.92 Å². The predicted molar refractivity (Wildman–Crippen MR) is 73.3 cm³/mol. The summed E-state index contributed by atoms with van der Waals surface area (Å²) in [5.41, 5.74) is 0. The first-order chi connectivity index (χ1) is 8.47. The van der Waals surface area contributed by atoms with Crippen LogP contribution >= 0.6 is 0 Å². The highest BCUT2D eigenvalue weighted by atomic mass is 16.5. The van der Waals surface area contributed by atoms with E-state index in [-0.39, 0.29) is 24.2 Å². The molecule has 1 N–H and O–H groups in total. The van der Waals surface area contributed by atoms with E-state index in [0.717, 1.165) is 12.8 Å². The molecule has 4 heteroatoms. The summed E-state index contributed by atoms with van der Waals surface area (Å²) in [5.74, 6) is 0.573. The van der Waals surface area contributed by atoms with Gasteiger partial charge in [-0.05, 0) is 26.2 Å². The molecule has 106 valence electrons. The molecule has 1 heterocycles. The van der Waals surface area contributed by atoms with Crippen molar-refractivity contribution in [2.24, 2.45) is 5.92 Å². The number of nitrogens with zero attached hydrogens (tertiary/aromatic N) is 1. The third-order valence-corrected chi connectivity index (χ3v) is 3.31. The highest BCUT2D eigenvalue weighted by molar-refractivity contribution is 5.84. The molecular weight excluding hydrogens is 228 g/mol. The maximum absolute atomic E-state index is 12.3. The third kappa shape index (κ3) is 3.95. The van der Waals surface area contributed by atoms with Crippen molar-refractivity contribution in [1.29, 1.82) is 0 Å². The average Bonchev–Trinajstić information content (AvgIpc) is 2.57. The van der Waals surface area contributed by atoms with Crippen LogP contribution in [0.3, 0.4) is 0 Å². The quantitative estimate of drug-likeness (QED) is 0.757. The van der Waals surface area contributed by atoms with Gasteiger partial charge in [0.1, 0.15) is 0 Å². The smallest absolute Gasteiger partial charge is 0.241 e. The highest BCUT2D eigenvalue weighted by Gasteiger charge is 2.39. The molecule has 1 rings (SSSR count). The number of rotatable bonds is 7. The van der Waals surface area contributed by atoms with E-state index in [1.807, 2.05) is 18.7 Å². The normalized spacial score (nSPS) is 24.6. The van der Waals surface area contributed by atoms with Crippen LogP contribution in [0.5, 0.6) is 0 Å². The van der Waals surface area contributed by atoms with Crippen LogP contribution in [0.1, 0.15) is 47.5 Å². The van der Waals surface area contributed by atoms with Crippen molar-refractivity contribution in [2.45, 2.75) is 65.8 Å². The Balaban J connectivity index is 2.57. The summed E-state index contributed by atoms with van der Waals surface area (Å²) in [6.45, 7) is 11.7. The lowest BCUT2D eigenvalue weighted by molar-refractivity contribution is -0.131. The Morgan fingerprint density at radius 3 is 2.50 bits per heavy atom. The number of hydrogen-bond acceptors (Lipinski definition) is 3. The zero-order chi connectivity index (χ0) is 13.7. The fourth-order valence-corrected chi connectivity index (χ4v) is 2.34. The van der Waals surface area contributed by atoms with E-state index in [1.54, 1.807) is 0 Å². The predicted octanol–water partition coefficient (Wildman–Crippen LogP) is 1.99. The molecule has 2 atom stereocenters. The number of ether oxygens (including phenoxy) is 1. The minimum absolute atomic E-state index is 0.0272. The van der Waals surface area contributed by atoms with Gasteiger partial charge in [0.25, 0.3) is 0 Å². The van der Waals surface area contributed by atoms with Gasteiger partial charge < -0.3 is 9.64 Å². The van der Waals surface area contributed by atoms with E-state index >= 15 is 0 Å². The Morgan fingerprint density at radius 1 is 1.33 bits per heavy atom. The van der Waals surface area contributed by atoms with Crippen molar-refractivity contribution in [3.05, 3.63) is 0 Å². The molecule has 18 heavy (non-hydrogen) atoms. The second-order valence-electron chi connectivity index (χ2n) is 5.64. The first kappa shape index (κ1) is 15.4. The van der Waals surface area contributed by atoms with Gasteiger partial charge in [-0.3, -0.25) is 10.1 Å². The van der Waals surface area contributed by atoms with Crippen molar-refractivity contribution in [3.63, 3.8) is 0 Å². The summed E-state index contributed by atoms with van der Waals surface area (Å²) in [5, 5.41) is 3.45. The number of carbonyl (C=O) groups is 1. The van der Waals surface area contributed by atoms with Gasteiger partial charge in [-0.25, -0.2) is 0 Å². The Hall–Kier alpha value is -0.610. The lowest BCUT2D eigenvalue weighted by atomic mass is 10.1. The Morgan fingerprint density at radius 2 is 2.00 bits per heavy atom. The standard InChI is InChI=1S/C14H28N2O2/c1-6-7-12-15-13(10(2)3)14(17)16(12)8-9-18-11(4)5/h10-13,15H,6-9H2,1-5H3. The summed E-state index contributed by atoms with van der Waals surface area (Å²) < 4.78 is 5.55. The van der Waals surface area contributed by atoms with Crippen molar-refractivity contribution >= 4 is 5.91 Å². The molecule has 0 aromatic heterocycles. The SMILES string of the molecule is CCCC1NC(C(C)C)C(=O)N1CCOC(C)C. The van der Waals surface area contributed by atoms with Crippen molar-refractivity contribution in [3.8, 4) is 0 Å². The molecule has 0 aromatic carbocycles. The van der Waals surface area contributed by atoms with E-state index in [4.69, 9.17) is 4.74 Å². The van der Waals surface area contributed by atoms with Crippen LogP contribution in [-0.4, -0.2) is 42.3 Å². The lowest BCUT2D eigenvalue weighted by Gasteiger charge is -2.24. The molecule has 1 aliphatic heterocycles. The van der Waals surface area contributed by atoms with Crippen molar-refractivity contribution in [1.82, 2.24) is 10.2 Å². The molecule has 1 amide bonds. The van der Waals surface area contributed by atoms with E-state index in [2.05, 4.69) is 26.1 Å². The molecule has 0 bridgehead atoms. The van der Waals surface area contributed by atoms with Crippen molar-refractivity contribution in [2.75, 3.05) is 13.2 Å². The van der Waals surface area contributed by atoms with Crippen LogP contribution in [0.15, 0.2) is 0 Å². The van der Waals surface area contributed by atoms with Gasteiger partial charge in [0, 0.05) is 6.54 Å². The molecule has 1 aliphatic rings. The Kier molecular flexibility index (Phi) is 6.09. The van der Waals surface area contributed by atoms with E-state index in [0.29, 0.717) is 19.1 Å². The van der Waals surface area contributed by atoms with Crippen molar-refractivity contribution < 1.29 is 9.53 Å². The second-order valence-corrected chi connectivity index (χ2v) is 5.64. The number of carbonyl (C=O) groups excluding carboxylic acids is 1. The highest BCUT2D eigenvalue weighted by Crippen LogP contribution is 2.19. The van der Waals surface area contributed by atoms with E-state index in [1.165, 1.54) is 0 Å². The summed E-state index contributed by atoms with van der Waals surface area (Å²) in [6, 6.07) is -0.0272. The fourth-order valence-electron chi connectivity index (χ4n) is 2.34. The van der Waals surface area contributed by atoms with Gasteiger partial charge in [-0.2, -0.15) is 0 Å². The van der Waals surface area contributed by atoms with Gasteiger partial charge in [0.2, 0.25) is 5.91 Å². The first-order valence-corrected chi connectivity index (χ1v) is 7.15. The average molecular weight is 256 g/mol. The van der Waals surface area contributed by atoms with Gasteiger partial charge in [0.05, 0.1) is 24.9 Å². The maximum Gasteiger partial charge on any atom is 0.241 e. The largest absolute Gasteiger partial charge is 0.377 e. The second kappa shape index (κ2) is 7.10. The van der Waals surface area contributed by atoms with E-state index < -0.39 is 0 Å². The summed E-state index contributed by atoms with van der Waals surface area (Å²) >= 11 is 0. The third-order valence-electron chi connectivity index (χ3n) is 3.31. The number of nitrogens with one attached hydrogen (secondary N) is 1. The van der Waals surface area contributed by atoms with E-state index in [9.17, 15) is 4.79 Å². The van der Waals surface area contributed by atoms with Crippen LogP contribution in [0.2, 0.25) is 0 Å². The van der Waals surface area contributed by atoms with Crippen LogP contribution in [0.4, 0.5) is 0 Å². The van der Waals surface area contributed by atoms with Crippen LogP contribution < -0.4 is 5.32 Å². The summed E-state index contributed by atoms with van der Waals surface area (Å²) in [4.78, 5) is 14.3. The van der Waals surface area contributed by atoms with Gasteiger partial charge >= 0.3 is 0 Å². The molecule has 4 nitrogen and oxygen atoms in total. The topological polar surface area (TPSA) is 41.6 Å². The number of hydrogen-bond donors (Lipinski definition) is 1. The van der Waals surface area contributed by atoms with Gasteiger partial charge in [-0.15, -0.1) is 0 Å². The zero-order valence-corrected chi connectivity index (χ0v) is 12.4. The zero-order valence-electron chi connectivity index (χ0n) is 12.4. The molecule has 0 aromatic rings. The Labute approximate surface area is 111 Å². The molecule has 0 saturated carbocycles. The van der Waals surface area contributed by atoms with Gasteiger partial charge in [-0.1, -0.05) is 27.2 Å². The first-order valence-electron chi connectivity index (χ1n) is 7.15. The summed E-state index contributed by atoms with van der Waals surface area (Å²) in [6.07, 6.45) is 2.50.